The van der Waals surface area contributed by atoms with E-state index in [0.29, 0.717) is 17.0 Å². The predicted octanol–water partition coefficient (Wildman–Crippen LogP) is 2.50. The average molecular weight is 386 g/mol. The van der Waals surface area contributed by atoms with Crippen molar-refractivity contribution in [3.63, 3.8) is 0 Å². The lowest BCUT2D eigenvalue weighted by atomic mass is 10.1. The van der Waals surface area contributed by atoms with Gasteiger partial charge in [0.25, 0.3) is 11.1 Å². The van der Waals surface area contributed by atoms with Crippen LogP contribution in [0.4, 0.5) is 5.69 Å². The van der Waals surface area contributed by atoms with Crippen molar-refractivity contribution in [3.05, 3.63) is 34.6 Å². The van der Waals surface area contributed by atoms with Crippen LogP contribution in [0.25, 0.3) is 0 Å². The molecule has 1 heterocycles. The van der Waals surface area contributed by atoms with Crippen LogP contribution in [0.5, 0.6) is 0 Å². The lowest BCUT2D eigenvalue weighted by Crippen LogP contribution is -2.56. The number of rotatable bonds is 6. The third kappa shape index (κ3) is 4.82. The molecule has 1 aromatic heterocycles. The maximum absolute atomic E-state index is 11.9. The van der Waals surface area contributed by atoms with Crippen molar-refractivity contribution >= 4 is 39.3 Å². The first kappa shape index (κ1) is 17.0. The Morgan fingerprint density at radius 2 is 2.05 bits per heavy atom. The van der Waals surface area contributed by atoms with Crippen molar-refractivity contribution in [1.29, 1.82) is 0 Å². The first-order valence-corrected chi connectivity index (χ1v) is 8.58. The Labute approximate surface area is 141 Å². The summed E-state index contributed by atoms with van der Waals surface area (Å²) in [6.07, 6.45) is 0. The minimum atomic E-state index is -0.123. The Balaban J connectivity index is 1.85. The third-order valence-electron chi connectivity index (χ3n) is 3.00. The predicted molar refractivity (Wildman–Crippen MR) is 88.3 cm³/mol. The summed E-state index contributed by atoms with van der Waals surface area (Å²) in [5, 5.41) is 11.1. The number of carbonyl (C=O) groups is 1. The molecule has 1 aromatic carbocycles. The highest BCUT2D eigenvalue weighted by Gasteiger charge is 2.21. The lowest BCUT2D eigenvalue weighted by molar-refractivity contribution is -0.443. The van der Waals surface area contributed by atoms with Crippen LogP contribution in [0.2, 0.25) is 0 Å². The number of aromatic nitrogens is 2. The molecule has 0 fully saturated rings. The van der Waals surface area contributed by atoms with Crippen LogP contribution in [0, 0.1) is 5.92 Å². The van der Waals surface area contributed by atoms with Crippen molar-refractivity contribution < 1.29 is 14.9 Å². The molecule has 0 radical (unpaired) electrons. The van der Waals surface area contributed by atoms with E-state index in [1.807, 2.05) is 38.1 Å². The number of nitrogens with one attached hydrogen (secondary N) is 1. The summed E-state index contributed by atoms with van der Waals surface area (Å²) in [7, 11) is 0. The molecule has 2 rings (SSSR count). The van der Waals surface area contributed by atoms with Crippen LogP contribution in [0.1, 0.15) is 25.8 Å². The second-order valence-electron chi connectivity index (χ2n) is 5.10. The smallest absolute Gasteiger partial charge is 0.277 e. The van der Waals surface area contributed by atoms with E-state index in [1.54, 1.807) is 0 Å². The quantitative estimate of drug-likeness (QED) is 0.744. The normalized spacial score (nSPS) is 12.4. The van der Waals surface area contributed by atoms with Crippen molar-refractivity contribution in [3.8, 4) is 0 Å². The molecule has 1 atom stereocenters. The van der Waals surface area contributed by atoms with Gasteiger partial charge in [-0.3, -0.25) is 4.79 Å². The maximum atomic E-state index is 11.9. The SMILES string of the molecule is CC(C)[C@H]([NH3+])c1nnc(SCC(=O)Nc2ccc(Br)cc2)o1. The Morgan fingerprint density at radius 1 is 1.36 bits per heavy atom. The number of benzene rings is 1. The monoisotopic (exact) mass is 385 g/mol. The Hall–Kier alpha value is -1.38. The van der Waals surface area contributed by atoms with Crippen molar-refractivity contribution in [1.82, 2.24) is 10.2 Å². The summed E-state index contributed by atoms with van der Waals surface area (Å²) in [4.78, 5) is 11.9. The molecular formula is C14H18BrN4O2S+. The number of thioether (sulfide) groups is 1. The number of carbonyl (C=O) groups excluding carboxylic acids is 1. The second kappa shape index (κ2) is 7.75. The molecule has 8 heteroatoms. The minimum absolute atomic E-state index is 0.0431. The van der Waals surface area contributed by atoms with Crippen LogP contribution >= 0.6 is 27.7 Å². The first-order valence-electron chi connectivity index (χ1n) is 6.80. The summed E-state index contributed by atoms with van der Waals surface area (Å²) >= 11 is 4.56. The topological polar surface area (TPSA) is 95.7 Å². The van der Waals surface area contributed by atoms with Crippen LogP contribution in [-0.4, -0.2) is 21.9 Å². The van der Waals surface area contributed by atoms with E-state index in [-0.39, 0.29) is 17.7 Å². The molecule has 0 saturated heterocycles. The average Bonchev–Trinajstić information content (AvgIpc) is 2.95. The van der Waals surface area contributed by atoms with E-state index in [2.05, 4.69) is 37.2 Å². The van der Waals surface area contributed by atoms with Gasteiger partial charge in [0.05, 0.1) is 5.75 Å². The summed E-state index contributed by atoms with van der Waals surface area (Å²) in [6.45, 7) is 4.08. The van der Waals surface area contributed by atoms with E-state index >= 15 is 0 Å². The van der Waals surface area contributed by atoms with Crippen LogP contribution < -0.4 is 11.1 Å². The van der Waals surface area contributed by atoms with Crippen LogP contribution in [-0.2, 0) is 4.79 Å². The minimum Gasteiger partial charge on any atom is -0.410 e. The van der Waals surface area contributed by atoms with Crippen molar-refractivity contribution in [2.24, 2.45) is 5.92 Å². The van der Waals surface area contributed by atoms with Crippen LogP contribution in [0.3, 0.4) is 0 Å². The molecule has 2 aromatic rings. The van der Waals surface area contributed by atoms with Gasteiger partial charge >= 0.3 is 0 Å². The molecule has 1 amide bonds. The molecule has 0 spiro atoms. The summed E-state index contributed by atoms with van der Waals surface area (Å²) in [5.74, 6) is 0.910. The van der Waals surface area contributed by atoms with Gasteiger partial charge in [-0.1, -0.05) is 41.5 Å². The molecule has 0 unspecified atom stereocenters. The fourth-order valence-electron chi connectivity index (χ4n) is 1.57. The van der Waals surface area contributed by atoms with Gasteiger partial charge in [0.1, 0.15) is 0 Å². The molecule has 0 saturated carbocycles. The summed E-state index contributed by atoms with van der Waals surface area (Å²) < 4.78 is 6.48. The Morgan fingerprint density at radius 3 is 2.68 bits per heavy atom. The van der Waals surface area contributed by atoms with Gasteiger partial charge in [-0.2, -0.15) is 0 Å². The molecule has 0 bridgehead atoms. The van der Waals surface area contributed by atoms with Gasteiger partial charge in [0.15, 0.2) is 6.04 Å². The highest BCUT2D eigenvalue weighted by molar-refractivity contribution is 9.10. The van der Waals surface area contributed by atoms with Crippen LogP contribution in [0.15, 0.2) is 38.4 Å². The zero-order valence-corrected chi connectivity index (χ0v) is 14.8. The number of nitrogens with zero attached hydrogens (tertiary/aromatic N) is 2. The fourth-order valence-corrected chi connectivity index (χ4v) is 2.41. The van der Waals surface area contributed by atoms with E-state index in [0.717, 1.165) is 10.2 Å². The second-order valence-corrected chi connectivity index (χ2v) is 6.94. The molecule has 0 aliphatic rings. The zero-order valence-electron chi connectivity index (χ0n) is 12.4. The third-order valence-corrected chi connectivity index (χ3v) is 4.35. The zero-order chi connectivity index (χ0) is 16.1. The van der Waals surface area contributed by atoms with Crippen molar-refractivity contribution in [2.75, 3.05) is 11.1 Å². The highest BCUT2D eigenvalue weighted by Crippen LogP contribution is 2.21. The summed E-state index contributed by atoms with van der Waals surface area (Å²) in [6, 6.07) is 7.35. The number of quaternary nitrogens is 1. The first-order chi connectivity index (χ1) is 10.5. The van der Waals surface area contributed by atoms with Gasteiger partial charge in [0.2, 0.25) is 5.91 Å². The van der Waals surface area contributed by atoms with E-state index in [4.69, 9.17) is 4.42 Å². The number of hydrogen-bond acceptors (Lipinski definition) is 5. The van der Waals surface area contributed by atoms with Crippen molar-refractivity contribution in [2.45, 2.75) is 25.1 Å². The van der Waals surface area contributed by atoms with Gasteiger partial charge in [-0.25, -0.2) is 0 Å². The molecule has 22 heavy (non-hydrogen) atoms. The maximum Gasteiger partial charge on any atom is 0.277 e. The molecule has 0 aliphatic carbocycles. The Bertz CT molecular complexity index is 630. The molecule has 0 aliphatic heterocycles. The highest BCUT2D eigenvalue weighted by atomic mass is 79.9. The van der Waals surface area contributed by atoms with E-state index in [9.17, 15) is 4.79 Å². The van der Waals surface area contributed by atoms with E-state index < -0.39 is 0 Å². The van der Waals surface area contributed by atoms with Gasteiger partial charge in [-0.15, -0.1) is 10.2 Å². The fraction of sp³-hybridized carbons (Fsp3) is 0.357. The Kier molecular flexibility index (Phi) is 5.98. The number of halogens is 1. The standard InChI is InChI=1S/C14H17BrN4O2S/c1-8(2)12(16)13-18-19-14(21-13)22-7-11(20)17-10-5-3-9(15)4-6-10/h3-6,8,12H,7,16H2,1-2H3,(H,17,20)/p+1/t12-/m0/s1. The number of hydrogen-bond donors (Lipinski definition) is 2. The van der Waals surface area contributed by atoms with E-state index in [1.165, 1.54) is 11.8 Å². The largest absolute Gasteiger partial charge is 0.410 e. The molecule has 6 nitrogen and oxygen atoms in total. The summed E-state index contributed by atoms with van der Waals surface area (Å²) in [5.41, 5.74) is 4.74. The molecular weight excluding hydrogens is 368 g/mol. The number of anilines is 1. The van der Waals surface area contributed by atoms with Gasteiger partial charge in [-0.05, 0) is 24.3 Å². The lowest BCUT2D eigenvalue weighted by Gasteiger charge is -2.06. The molecule has 4 N–H and O–H groups in total. The van der Waals surface area contributed by atoms with Gasteiger partial charge < -0.3 is 15.5 Å². The molecule has 118 valence electrons. The van der Waals surface area contributed by atoms with Gasteiger partial charge in [0, 0.05) is 16.1 Å². The number of amides is 1.